The Morgan fingerprint density at radius 2 is 2.19 bits per heavy atom. The topological polar surface area (TPSA) is 56.1 Å². The molecule has 0 unspecified atom stereocenters. The lowest BCUT2D eigenvalue weighted by Crippen LogP contribution is -2.24. The number of nitrogens with zero attached hydrogens (tertiary/aromatic N) is 2. The maximum absolute atomic E-state index is 12.1. The van der Waals surface area contributed by atoms with Gasteiger partial charge in [-0.2, -0.15) is 5.10 Å². The van der Waals surface area contributed by atoms with Gasteiger partial charge in [-0.1, -0.05) is 13.3 Å². The highest BCUT2D eigenvalue weighted by Crippen LogP contribution is 2.27. The van der Waals surface area contributed by atoms with Crippen molar-refractivity contribution in [2.24, 2.45) is 7.05 Å². The first-order valence-electron chi connectivity index (χ1n) is 7.42. The number of hydrogen-bond donors (Lipinski definition) is 1. The number of carbonyl (C=O) groups is 1. The number of unbranched alkanes of at least 4 members (excludes halogenated alkanes) is 1. The second-order valence-corrected chi connectivity index (χ2v) is 6.14. The van der Waals surface area contributed by atoms with Gasteiger partial charge in [-0.15, -0.1) is 11.3 Å². The van der Waals surface area contributed by atoms with Gasteiger partial charge in [-0.3, -0.25) is 9.48 Å². The largest absolute Gasteiger partial charge is 0.381 e. The number of aryl methyl sites for hydroxylation is 2. The van der Waals surface area contributed by atoms with Crippen LogP contribution in [0.25, 0.3) is 10.2 Å². The molecule has 0 bridgehead atoms. The molecule has 0 saturated heterocycles. The third-order valence-corrected chi connectivity index (χ3v) is 4.51. The van der Waals surface area contributed by atoms with E-state index in [-0.39, 0.29) is 5.91 Å². The molecule has 5 nitrogen and oxygen atoms in total. The molecule has 2 heterocycles. The Hall–Kier alpha value is -1.40. The van der Waals surface area contributed by atoms with Crippen molar-refractivity contribution in [3.63, 3.8) is 0 Å². The summed E-state index contributed by atoms with van der Waals surface area (Å²) in [7, 11) is 1.90. The summed E-state index contributed by atoms with van der Waals surface area (Å²) in [6.45, 7) is 6.27. The van der Waals surface area contributed by atoms with Gasteiger partial charge in [0.1, 0.15) is 4.83 Å². The van der Waals surface area contributed by atoms with Crippen LogP contribution in [0, 0.1) is 6.92 Å². The van der Waals surface area contributed by atoms with Crippen LogP contribution in [0.5, 0.6) is 0 Å². The maximum atomic E-state index is 12.1. The molecular formula is C15H23N3O2S. The number of rotatable bonds is 8. The number of aromatic nitrogens is 2. The van der Waals surface area contributed by atoms with Gasteiger partial charge in [0.25, 0.3) is 5.91 Å². The van der Waals surface area contributed by atoms with Crippen LogP contribution in [0.15, 0.2) is 6.07 Å². The molecule has 1 amide bonds. The van der Waals surface area contributed by atoms with Crippen LogP contribution < -0.4 is 5.32 Å². The quantitative estimate of drug-likeness (QED) is 0.763. The first-order valence-corrected chi connectivity index (χ1v) is 8.24. The number of ether oxygens (including phenoxy) is 1. The first-order chi connectivity index (χ1) is 10.1. The summed E-state index contributed by atoms with van der Waals surface area (Å²) >= 11 is 1.48. The number of carbonyl (C=O) groups excluding carboxylic acids is 1. The predicted molar refractivity (Wildman–Crippen MR) is 86.0 cm³/mol. The van der Waals surface area contributed by atoms with Crippen LogP contribution >= 0.6 is 11.3 Å². The summed E-state index contributed by atoms with van der Waals surface area (Å²) in [6, 6.07) is 1.93. The third kappa shape index (κ3) is 4.04. The fourth-order valence-electron chi connectivity index (χ4n) is 2.13. The predicted octanol–water partition coefficient (Wildman–Crippen LogP) is 2.88. The molecule has 2 aromatic rings. The molecule has 1 N–H and O–H groups in total. The monoisotopic (exact) mass is 309 g/mol. The second-order valence-electron chi connectivity index (χ2n) is 5.11. The first kappa shape index (κ1) is 16.0. The number of fused-ring (bicyclic) bond motifs is 1. The van der Waals surface area contributed by atoms with Crippen LogP contribution in [0.2, 0.25) is 0 Å². The van der Waals surface area contributed by atoms with E-state index < -0.39 is 0 Å². The zero-order valence-electron chi connectivity index (χ0n) is 12.9. The summed E-state index contributed by atoms with van der Waals surface area (Å²) in [5, 5.41) is 8.35. The summed E-state index contributed by atoms with van der Waals surface area (Å²) in [4.78, 5) is 13.9. The summed E-state index contributed by atoms with van der Waals surface area (Å²) < 4.78 is 7.30. The number of hydrogen-bond acceptors (Lipinski definition) is 4. The van der Waals surface area contributed by atoms with Crippen molar-refractivity contribution in [2.75, 3.05) is 19.8 Å². The standard InChI is InChI=1S/C15H23N3O2S/c1-4-5-8-20-9-6-7-16-14(19)13-10-12-11(2)17-18(3)15(12)21-13/h10H,4-9H2,1-3H3,(H,16,19). The van der Waals surface area contributed by atoms with Gasteiger partial charge >= 0.3 is 0 Å². The fourth-order valence-corrected chi connectivity index (χ4v) is 3.17. The van der Waals surface area contributed by atoms with Crippen LogP contribution in [0.1, 0.15) is 41.6 Å². The molecule has 6 heteroatoms. The lowest BCUT2D eigenvalue weighted by molar-refractivity contribution is 0.0944. The number of amides is 1. The zero-order valence-corrected chi connectivity index (χ0v) is 13.8. The minimum absolute atomic E-state index is 0.0100. The zero-order chi connectivity index (χ0) is 15.2. The summed E-state index contributed by atoms with van der Waals surface area (Å²) in [5.74, 6) is -0.0100. The Morgan fingerprint density at radius 1 is 1.43 bits per heavy atom. The van der Waals surface area contributed by atoms with Crippen molar-refractivity contribution in [3.05, 3.63) is 16.6 Å². The van der Waals surface area contributed by atoms with Gasteiger partial charge < -0.3 is 10.1 Å². The molecule has 0 radical (unpaired) electrons. The molecule has 0 aliphatic carbocycles. The minimum Gasteiger partial charge on any atom is -0.381 e. The van der Waals surface area contributed by atoms with Crippen molar-refractivity contribution in [3.8, 4) is 0 Å². The second kappa shape index (κ2) is 7.56. The van der Waals surface area contributed by atoms with E-state index in [1.165, 1.54) is 11.3 Å². The Morgan fingerprint density at radius 3 is 2.90 bits per heavy atom. The molecule has 0 saturated carbocycles. The Kier molecular flexibility index (Phi) is 5.76. The fraction of sp³-hybridized carbons (Fsp3) is 0.600. The average molecular weight is 309 g/mol. The van der Waals surface area contributed by atoms with E-state index >= 15 is 0 Å². The van der Waals surface area contributed by atoms with Crippen molar-refractivity contribution in [2.45, 2.75) is 33.1 Å². The van der Waals surface area contributed by atoms with E-state index in [0.717, 1.165) is 46.7 Å². The van der Waals surface area contributed by atoms with Crippen LogP contribution in [-0.2, 0) is 11.8 Å². The van der Waals surface area contributed by atoms with Crippen molar-refractivity contribution >= 4 is 27.5 Å². The maximum Gasteiger partial charge on any atom is 0.261 e. The average Bonchev–Trinajstić information content (AvgIpc) is 3.00. The van der Waals surface area contributed by atoms with Crippen molar-refractivity contribution < 1.29 is 9.53 Å². The highest BCUT2D eigenvalue weighted by Gasteiger charge is 2.14. The smallest absolute Gasteiger partial charge is 0.261 e. The molecule has 21 heavy (non-hydrogen) atoms. The van der Waals surface area contributed by atoms with Gasteiger partial charge in [-0.25, -0.2) is 0 Å². The van der Waals surface area contributed by atoms with E-state index in [0.29, 0.717) is 13.2 Å². The molecular weight excluding hydrogens is 286 g/mol. The van der Waals surface area contributed by atoms with Crippen molar-refractivity contribution in [1.82, 2.24) is 15.1 Å². The van der Waals surface area contributed by atoms with E-state index in [1.54, 1.807) is 0 Å². The lowest BCUT2D eigenvalue weighted by atomic mass is 10.3. The van der Waals surface area contributed by atoms with Gasteiger partial charge in [0.15, 0.2) is 0 Å². The highest BCUT2D eigenvalue weighted by molar-refractivity contribution is 7.20. The normalized spacial score (nSPS) is 11.2. The molecule has 0 aliphatic rings. The molecule has 116 valence electrons. The lowest BCUT2D eigenvalue weighted by Gasteiger charge is -2.04. The molecule has 0 atom stereocenters. The Bertz CT molecular complexity index is 569. The molecule has 0 aliphatic heterocycles. The molecule has 2 rings (SSSR count). The number of thiophene rings is 1. The van der Waals surface area contributed by atoms with E-state index in [4.69, 9.17) is 4.74 Å². The van der Waals surface area contributed by atoms with E-state index in [1.807, 2.05) is 24.7 Å². The van der Waals surface area contributed by atoms with Crippen LogP contribution in [0.3, 0.4) is 0 Å². The van der Waals surface area contributed by atoms with Crippen LogP contribution in [0.4, 0.5) is 0 Å². The summed E-state index contributed by atoms with van der Waals surface area (Å²) in [5.41, 5.74) is 0.965. The van der Waals surface area contributed by atoms with Crippen LogP contribution in [-0.4, -0.2) is 35.4 Å². The van der Waals surface area contributed by atoms with E-state index in [2.05, 4.69) is 17.3 Å². The minimum atomic E-state index is -0.0100. The van der Waals surface area contributed by atoms with Gasteiger partial charge in [0.2, 0.25) is 0 Å². The number of nitrogens with one attached hydrogen (secondary N) is 1. The molecule has 0 fully saturated rings. The molecule has 0 spiro atoms. The molecule has 2 aromatic heterocycles. The third-order valence-electron chi connectivity index (χ3n) is 3.31. The Balaban J connectivity index is 1.78. The molecule has 0 aromatic carbocycles. The Labute approximate surface area is 129 Å². The van der Waals surface area contributed by atoms with Gasteiger partial charge in [0.05, 0.1) is 10.6 Å². The summed E-state index contributed by atoms with van der Waals surface area (Å²) in [6.07, 6.45) is 3.10. The van der Waals surface area contributed by atoms with Crippen molar-refractivity contribution in [1.29, 1.82) is 0 Å². The van der Waals surface area contributed by atoms with Gasteiger partial charge in [0, 0.05) is 32.2 Å². The van der Waals surface area contributed by atoms with Gasteiger partial charge in [-0.05, 0) is 25.8 Å². The van der Waals surface area contributed by atoms with E-state index in [9.17, 15) is 4.79 Å². The highest BCUT2D eigenvalue weighted by atomic mass is 32.1. The SMILES string of the molecule is CCCCOCCCNC(=O)c1cc2c(C)nn(C)c2s1.